The van der Waals surface area contributed by atoms with Crippen LogP contribution in [0.1, 0.15) is 77.6 Å². The van der Waals surface area contributed by atoms with E-state index in [0.717, 1.165) is 12.8 Å². The van der Waals surface area contributed by atoms with E-state index >= 15 is 0 Å². The summed E-state index contributed by atoms with van der Waals surface area (Å²) < 4.78 is 29.5. The summed E-state index contributed by atoms with van der Waals surface area (Å²) >= 11 is 0. The number of allylic oxidation sites excluding steroid dienone is 2. The van der Waals surface area contributed by atoms with Crippen LogP contribution in [0.5, 0.6) is 0 Å². The molecule has 4 heteroatoms. The third-order valence-corrected chi connectivity index (χ3v) is 3.97. The van der Waals surface area contributed by atoms with Crippen molar-refractivity contribution in [2.75, 3.05) is 5.75 Å². The molecule has 0 aromatic rings. The minimum absolute atomic E-state index is 0.0877. The van der Waals surface area contributed by atoms with Crippen LogP contribution in [-0.2, 0) is 10.1 Å². The van der Waals surface area contributed by atoms with E-state index < -0.39 is 10.1 Å². The molecule has 114 valence electrons. The zero-order valence-electron chi connectivity index (χ0n) is 12.3. The maximum atomic E-state index is 10.5. The highest BCUT2D eigenvalue weighted by molar-refractivity contribution is 7.85. The topological polar surface area (TPSA) is 54.4 Å². The fraction of sp³-hybridized carbons (Fsp3) is 0.867. The first-order valence-corrected chi connectivity index (χ1v) is 9.27. The van der Waals surface area contributed by atoms with Gasteiger partial charge in [0.1, 0.15) is 0 Å². The molecular weight excluding hydrogens is 260 g/mol. The second kappa shape index (κ2) is 12.7. The third kappa shape index (κ3) is 17.6. The molecule has 0 amide bonds. The molecule has 0 atom stereocenters. The minimum Gasteiger partial charge on any atom is -0.286 e. The van der Waals surface area contributed by atoms with Gasteiger partial charge in [-0.2, -0.15) is 8.42 Å². The van der Waals surface area contributed by atoms with Crippen LogP contribution in [0, 0.1) is 0 Å². The second-order valence-electron chi connectivity index (χ2n) is 5.16. The molecule has 0 fully saturated rings. The molecule has 1 N–H and O–H groups in total. The summed E-state index contributed by atoms with van der Waals surface area (Å²) in [5.41, 5.74) is 0. The van der Waals surface area contributed by atoms with E-state index in [1.165, 1.54) is 51.4 Å². The zero-order valence-corrected chi connectivity index (χ0v) is 13.1. The summed E-state index contributed by atoms with van der Waals surface area (Å²) in [5, 5.41) is 0. The lowest BCUT2D eigenvalue weighted by Gasteiger charge is -2.00. The van der Waals surface area contributed by atoms with Gasteiger partial charge in [-0.1, -0.05) is 64.0 Å². The lowest BCUT2D eigenvalue weighted by molar-refractivity contribution is 0.478. The first kappa shape index (κ1) is 18.7. The van der Waals surface area contributed by atoms with E-state index in [4.69, 9.17) is 4.55 Å². The molecule has 3 nitrogen and oxygen atoms in total. The van der Waals surface area contributed by atoms with Gasteiger partial charge in [0.2, 0.25) is 0 Å². The standard InChI is InChI=1S/C15H30O3S/c1-2-3-4-5-6-7-8-9-10-11-12-13-14-15-19(16,17)18/h5-6H,2-4,7-15H2,1H3,(H,16,17,18). The molecule has 0 saturated carbocycles. The second-order valence-corrected chi connectivity index (χ2v) is 6.74. The van der Waals surface area contributed by atoms with Crippen molar-refractivity contribution in [3.8, 4) is 0 Å². The van der Waals surface area contributed by atoms with Gasteiger partial charge < -0.3 is 0 Å². The molecule has 0 aliphatic carbocycles. The third-order valence-electron chi connectivity index (χ3n) is 3.16. The van der Waals surface area contributed by atoms with Crippen LogP contribution in [0.25, 0.3) is 0 Å². The monoisotopic (exact) mass is 290 g/mol. The van der Waals surface area contributed by atoms with Crippen LogP contribution in [0.4, 0.5) is 0 Å². The Morgan fingerprint density at radius 1 is 0.789 bits per heavy atom. The fourth-order valence-electron chi connectivity index (χ4n) is 1.99. The molecule has 0 heterocycles. The molecule has 0 aromatic heterocycles. The van der Waals surface area contributed by atoms with Gasteiger partial charge in [-0.3, -0.25) is 4.55 Å². The lowest BCUT2D eigenvalue weighted by Crippen LogP contribution is -2.03. The molecule has 0 rings (SSSR count). The molecule has 0 aromatic carbocycles. The predicted molar refractivity (Wildman–Crippen MR) is 82.0 cm³/mol. The van der Waals surface area contributed by atoms with Crippen LogP contribution in [0.15, 0.2) is 12.2 Å². The Labute approximate surface area is 119 Å². The molecule has 0 spiro atoms. The number of hydrogen-bond donors (Lipinski definition) is 1. The highest BCUT2D eigenvalue weighted by Crippen LogP contribution is 2.09. The Bertz CT molecular complexity index is 307. The van der Waals surface area contributed by atoms with Crippen LogP contribution >= 0.6 is 0 Å². The van der Waals surface area contributed by atoms with Crippen LogP contribution < -0.4 is 0 Å². The molecule has 19 heavy (non-hydrogen) atoms. The van der Waals surface area contributed by atoms with Crippen molar-refractivity contribution in [3.05, 3.63) is 12.2 Å². The Morgan fingerprint density at radius 3 is 1.79 bits per heavy atom. The van der Waals surface area contributed by atoms with Crippen LogP contribution in [-0.4, -0.2) is 18.7 Å². The Kier molecular flexibility index (Phi) is 12.4. The summed E-state index contributed by atoms with van der Waals surface area (Å²) in [6.07, 6.45) is 17.0. The van der Waals surface area contributed by atoms with Crippen molar-refractivity contribution in [1.82, 2.24) is 0 Å². The van der Waals surface area contributed by atoms with Crippen molar-refractivity contribution in [2.24, 2.45) is 0 Å². The molecule has 0 unspecified atom stereocenters. The van der Waals surface area contributed by atoms with Gasteiger partial charge in [-0.05, 0) is 25.7 Å². The average Bonchev–Trinajstić information content (AvgIpc) is 2.34. The molecule has 0 aliphatic rings. The molecule has 0 saturated heterocycles. The van der Waals surface area contributed by atoms with Gasteiger partial charge in [-0.15, -0.1) is 0 Å². The first-order chi connectivity index (χ1) is 9.06. The summed E-state index contributed by atoms with van der Waals surface area (Å²) in [6.45, 7) is 2.21. The zero-order chi connectivity index (χ0) is 14.4. The quantitative estimate of drug-likeness (QED) is 0.303. The Morgan fingerprint density at radius 2 is 1.26 bits per heavy atom. The Hall–Kier alpha value is -0.350. The molecule has 0 radical (unpaired) electrons. The SMILES string of the molecule is CCCCC=CCCCCCCCCCS(=O)(=O)O. The van der Waals surface area contributed by atoms with Crippen molar-refractivity contribution in [3.63, 3.8) is 0 Å². The van der Waals surface area contributed by atoms with Crippen molar-refractivity contribution in [2.45, 2.75) is 77.6 Å². The Balaban J connectivity index is 3.13. The summed E-state index contributed by atoms with van der Waals surface area (Å²) in [6, 6.07) is 0. The van der Waals surface area contributed by atoms with Crippen molar-refractivity contribution in [1.29, 1.82) is 0 Å². The van der Waals surface area contributed by atoms with E-state index in [-0.39, 0.29) is 5.75 Å². The molecule has 0 bridgehead atoms. The summed E-state index contributed by atoms with van der Waals surface area (Å²) in [7, 11) is -3.75. The van der Waals surface area contributed by atoms with E-state index in [2.05, 4.69) is 19.1 Å². The summed E-state index contributed by atoms with van der Waals surface area (Å²) in [5.74, 6) is -0.0877. The van der Waals surface area contributed by atoms with E-state index in [1.54, 1.807) is 0 Å². The maximum Gasteiger partial charge on any atom is 0.264 e. The van der Waals surface area contributed by atoms with Gasteiger partial charge in [-0.25, -0.2) is 0 Å². The van der Waals surface area contributed by atoms with Crippen LogP contribution in [0.3, 0.4) is 0 Å². The van der Waals surface area contributed by atoms with Crippen molar-refractivity contribution >= 4 is 10.1 Å². The molecule has 0 aliphatic heterocycles. The van der Waals surface area contributed by atoms with E-state index in [1.807, 2.05) is 0 Å². The normalized spacial score (nSPS) is 12.3. The summed E-state index contributed by atoms with van der Waals surface area (Å²) in [4.78, 5) is 0. The minimum atomic E-state index is -3.75. The lowest BCUT2D eigenvalue weighted by atomic mass is 10.1. The van der Waals surface area contributed by atoms with Crippen molar-refractivity contribution < 1.29 is 13.0 Å². The number of unbranched alkanes of at least 4 members (excludes halogenated alkanes) is 9. The van der Waals surface area contributed by atoms with E-state index in [0.29, 0.717) is 6.42 Å². The van der Waals surface area contributed by atoms with E-state index in [9.17, 15) is 8.42 Å². The average molecular weight is 290 g/mol. The first-order valence-electron chi connectivity index (χ1n) is 7.66. The van der Waals surface area contributed by atoms with Gasteiger partial charge in [0.25, 0.3) is 10.1 Å². The van der Waals surface area contributed by atoms with Gasteiger partial charge in [0, 0.05) is 0 Å². The van der Waals surface area contributed by atoms with Gasteiger partial charge >= 0.3 is 0 Å². The highest BCUT2D eigenvalue weighted by atomic mass is 32.2. The fourth-order valence-corrected chi connectivity index (χ4v) is 2.56. The highest BCUT2D eigenvalue weighted by Gasteiger charge is 2.02. The maximum absolute atomic E-state index is 10.5. The van der Waals surface area contributed by atoms with Crippen LogP contribution in [0.2, 0.25) is 0 Å². The smallest absolute Gasteiger partial charge is 0.264 e. The number of hydrogen-bond acceptors (Lipinski definition) is 2. The van der Waals surface area contributed by atoms with Gasteiger partial charge in [0.05, 0.1) is 5.75 Å². The number of rotatable bonds is 13. The largest absolute Gasteiger partial charge is 0.286 e. The van der Waals surface area contributed by atoms with Gasteiger partial charge in [0.15, 0.2) is 0 Å². The predicted octanol–water partition coefficient (Wildman–Crippen LogP) is 4.74. The molecular formula is C15H30O3S.